The third-order valence-corrected chi connectivity index (χ3v) is 8.04. The summed E-state index contributed by atoms with van der Waals surface area (Å²) in [6.07, 6.45) is 5.61. The Kier molecular flexibility index (Phi) is 9.17. The first kappa shape index (κ1) is 27.7. The number of carbonyl (C=O) groups is 2. The molecule has 0 saturated heterocycles. The fourth-order valence-corrected chi connectivity index (χ4v) is 5.92. The fourth-order valence-electron chi connectivity index (χ4n) is 4.95. The minimum Gasteiger partial charge on any atom is -0.352 e. The first-order valence-corrected chi connectivity index (χ1v) is 14.6. The number of nitrogens with zero attached hydrogens (tertiary/aromatic N) is 2. The van der Waals surface area contributed by atoms with Crippen LogP contribution in [0.5, 0.6) is 0 Å². The Hall–Kier alpha value is -2.87. The summed E-state index contributed by atoms with van der Waals surface area (Å²) >= 11 is 0. The molecule has 1 aliphatic rings. The molecule has 0 heterocycles. The molecular formula is C28H39N3O4S. The van der Waals surface area contributed by atoms with E-state index in [0.717, 1.165) is 54.2 Å². The van der Waals surface area contributed by atoms with Gasteiger partial charge in [0.25, 0.3) is 0 Å². The molecule has 1 atom stereocenters. The number of rotatable bonds is 10. The second-order valence-corrected chi connectivity index (χ2v) is 11.8. The smallest absolute Gasteiger partial charge is 0.244 e. The van der Waals surface area contributed by atoms with Crippen molar-refractivity contribution in [3.8, 4) is 0 Å². The van der Waals surface area contributed by atoms with E-state index < -0.39 is 22.0 Å². The van der Waals surface area contributed by atoms with E-state index in [1.165, 1.54) is 4.31 Å². The van der Waals surface area contributed by atoms with E-state index in [-0.39, 0.29) is 25.0 Å². The van der Waals surface area contributed by atoms with Gasteiger partial charge >= 0.3 is 0 Å². The number of amides is 2. The summed E-state index contributed by atoms with van der Waals surface area (Å²) in [4.78, 5) is 28.7. The predicted molar refractivity (Wildman–Crippen MR) is 144 cm³/mol. The molecule has 0 unspecified atom stereocenters. The van der Waals surface area contributed by atoms with Gasteiger partial charge in [0, 0.05) is 12.6 Å². The van der Waals surface area contributed by atoms with Gasteiger partial charge in [-0.2, -0.15) is 0 Å². The second kappa shape index (κ2) is 11.9. The van der Waals surface area contributed by atoms with Gasteiger partial charge in [-0.25, -0.2) is 8.42 Å². The van der Waals surface area contributed by atoms with Gasteiger partial charge in [0.05, 0.1) is 11.9 Å². The summed E-state index contributed by atoms with van der Waals surface area (Å²) in [5.74, 6) is -0.583. The van der Waals surface area contributed by atoms with Crippen LogP contribution in [0.1, 0.15) is 61.3 Å². The zero-order valence-electron chi connectivity index (χ0n) is 22.1. The molecule has 2 amide bonds. The Morgan fingerprint density at radius 3 is 2.11 bits per heavy atom. The number of carbonyl (C=O) groups excluding carboxylic acids is 2. The highest BCUT2D eigenvalue weighted by Gasteiger charge is 2.33. The van der Waals surface area contributed by atoms with Crippen molar-refractivity contribution in [1.82, 2.24) is 10.2 Å². The molecule has 7 nitrogen and oxygen atoms in total. The maximum Gasteiger partial charge on any atom is 0.244 e. The van der Waals surface area contributed by atoms with Gasteiger partial charge in [0.15, 0.2) is 0 Å². The number of hydrogen-bond donors (Lipinski definition) is 1. The van der Waals surface area contributed by atoms with E-state index in [1.807, 2.05) is 70.2 Å². The lowest BCUT2D eigenvalue weighted by molar-refractivity contribution is -0.140. The minimum absolute atomic E-state index is 0.130. The lowest BCUT2D eigenvalue weighted by Crippen LogP contribution is -2.53. The van der Waals surface area contributed by atoms with Crippen molar-refractivity contribution in [2.75, 3.05) is 17.1 Å². The topological polar surface area (TPSA) is 86.8 Å². The van der Waals surface area contributed by atoms with Crippen LogP contribution in [0.25, 0.3) is 0 Å². The third-order valence-electron chi connectivity index (χ3n) is 6.93. The number of nitrogens with one attached hydrogen (secondary N) is 1. The summed E-state index contributed by atoms with van der Waals surface area (Å²) in [6.45, 7) is 7.39. The molecule has 0 aromatic heterocycles. The van der Waals surface area contributed by atoms with E-state index in [0.29, 0.717) is 12.1 Å². The number of benzene rings is 2. The van der Waals surface area contributed by atoms with Gasteiger partial charge < -0.3 is 10.2 Å². The quantitative estimate of drug-likeness (QED) is 0.515. The molecule has 0 bridgehead atoms. The molecular weight excluding hydrogens is 474 g/mol. The molecule has 1 aliphatic carbocycles. The van der Waals surface area contributed by atoms with Gasteiger partial charge in [-0.15, -0.1) is 0 Å². The molecule has 8 heteroatoms. The highest BCUT2D eigenvalue weighted by atomic mass is 32.2. The average Bonchev–Trinajstić information content (AvgIpc) is 3.31. The van der Waals surface area contributed by atoms with Gasteiger partial charge in [0.1, 0.15) is 12.6 Å². The first-order chi connectivity index (χ1) is 17.0. The standard InChI is InChI=1S/C28H39N3O4S/c1-6-25(28(33)29-24-12-7-8-13-24)30(18-23-16-14-20(2)15-17-23)26(32)19-31(36(5,34)35)27-21(3)10-9-11-22(27)4/h9-11,14-17,24-25H,6-8,12-13,18-19H2,1-5H3,(H,29,33)/t25-/m0/s1. The fraction of sp³-hybridized carbons (Fsp3) is 0.500. The Balaban J connectivity index is 1.95. The monoisotopic (exact) mass is 513 g/mol. The third kappa shape index (κ3) is 6.87. The zero-order chi connectivity index (χ0) is 26.5. The van der Waals surface area contributed by atoms with Crippen molar-refractivity contribution in [3.05, 3.63) is 64.7 Å². The number of sulfonamides is 1. The summed E-state index contributed by atoms with van der Waals surface area (Å²) in [5, 5.41) is 3.13. The average molecular weight is 514 g/mol. The van der Waals surface area contributed by atoms with Gasteiger partial charge in [-0.1, -0.05) is 67.8 Å². The van der Waals surface area contributed by atoms with Crippen molar-refractivity contribution in [3.63, 3.8) is 0 Å². The lowest BCUT2D eigenvalue weighted by atomic mass is 10.1. The van der Waals surface area contributed by atoms with E-state index in [9.17, 15) is 18.0 Å². The Morgan fingerprint density at radius 1 is 1.00 bits per heavy atom. The number of hydrogen-bond acceptors (Lipinski definition) is 4. The lowest BCUT2D eigenvalue weighted by Gasteiger charge is -2.34. The van der Waals surface area contributed by atoms with Gasteiger partial charge in [-0.05, 0) is 56.7 Å². The number of para-hydroxylation sites is 1. The van der Waals surface area contributed by atoms with Crippen LogP contribution in [0.2, 0.25) is 0 Å². The molecule has 0 aliphatic heterocycles. The molecule has 36 heavy (non-hydrogen) atoms. The first-order valence-electron chi connectivity index (χ1n) is 12.7. The Bertz CT molecular complexity index is 1150. The minimum atomic E-state index is -3.76. The van der Waals surface area contributed by atoms with Crippen LogP contribution in [0.4, 0.5) is 5.69 Å². The summed E-state index contributed by atoms with van der Waals surface area (Å²) < 4.78 is 26.9. The summed E-state index contributed by atoms with van der Waals surface area (Å²) in [5.41, 5.74) is 4.03. The van der Waals surface area contributed by atoms with Crippen LogP contribution in [0.3, 0.4) is 0 Å². The molecule has 0 radical (unpaired) electrons. The molecule has 1 N–H and O–H groups in total. The maximum absolute atomic E-state index is 13.8. The van der Waals surface area contributed by atoms with Crippen molar-refractivity contribution < 1.29 is 18.0 Å². The van der Waals surface area contributed by atoms with E-state index in [1.54, 1.807) is 4.90 Å². The molecule has 3 rings (SSSR count). The summed E-state index contributed by atoms with van der Waals surface area (Å²) in [7, 11) is -3.76. The Morgan fingerprint density at radius 2 is 1.58 bits per heavy atom. The number of aryl methyl sites for hydroxylation is 3. The van der Waals surface area contributed by atoms with Crippen molar-refractivity contribution in [2.45, 2.75) is 78.4 Å². The highest BCUT2D eigenvalue weighted by molar-refractivity contribution is 7.92. The van der Waals surface area contributed by atoms with Crippen molar-refractivity contribution in [2.24, 2.45) is 0 Å². The second-order valence-electron chi connectivity index (χ2n) is 9.93. The molecule has 196 valence electrons. The van der Waals surface area contributed by atoms with Crippen LogP contribution < -0.4 is 9.62 Å². The van der Waals surface area contributed by atoms with Crippen LogP contribution >= 0.6 is 0 Å². The van der Waals surface area contributed by atoms with Gasteiger partial charge in [0.2, 0.25) is 21.8 Å². The van der Waals surface area contributed by atoms with E-state index in [2.05, 4.69) is 5.32 Å². The van der Waals surface area contributed by atoms with Crippen LogP contribution in [0, 0.1) is 20.8 Å². The normalized spacial score (nSPS) is 14.9. The molecule has 1 fully saturated rings. The van der Waals surface area contributed by atoms with Gasteiger partial charge in [-0.3, -0.25) is 13.9 Å². The van der Waals surface area contributed by atoms with Crippen LogP contribution in [-0.4, -0.2) is 50.0 Å². The highest BCUT2D eigenvalue weighted by Crippen LogP contribution is 2.27. The molecule has 0 spiro atoms. The molecule has 2 aromatic rings. The SMILES string of the molecule is CC[C@@H](C(=O)NC1CCCC1)N(Cc1ccc(C)cc1)C(=O)CN(c1c(C)cccc1C)S(C)(=O)=O. The largest absolute Gasteiger partial charge is 0.352 e. The zero-order valence-corrected chi connectivity index (χ0v) is 22.9. The van der Waals surface area contributed by atoms with Crippen molar-refractivity contribution >= 4 is 27.5 Å². The predicted octanol–water partition coefficient (Wildman–Crippen LogP) is 4.24. The summed E-state index contributed by atoms with van der Waals surface area (Å²) in [6, 6.07) is 12.8. The van der Waals surface area contributed by atoms with Crippen LogP contribution in [0.15, 0.2) is 42.5 Å². The van der Waals surface area contributed by atoms with Crippen LogP contribution in [-0.2, 0) is 26.2 Å². The molecule has 1 saturated carbocycles. The maximum atomic E-state index is 13.8. The Labute approximate surface area is 215 Å². The molecule has 2 aromatic carbocycles. The number of anilines is 1. The van der Waals surface area contributed by atoms with E-state index >= 15 is 0 Å². The van der Waals surface area contributed by atoms with Crippen molar-refractivity contribution in [1.29, 1.82) is 0 Å². The van der Waals surface area contributed by atoms with E-state index in [4.69, 9.17) is 0 Å².